The maximum Gasteiger partial charge on any atom is 0.261 e. The number of hydrogen-bond acceptors (Lipinski definition) is 5. The molecule has 3 amide bonds. The molecule has 0 unspecified atom stereocenters. The predicted octanol–water partition coefficient (Wildman–Crippen LogP) is 3.49. The quantitative estimate of drug-likeness (QED) is 0.411. The molecule has 0 aliphatic heterocycles. The first-order valence-corrected chi connectivity index (χ1v) is 11.1. The van der Waals surface area contributed by atoms with E-state index in [9.17, 15) is 14.4 Å². The minimum absolute atomic E-state index is 0.146. The van der Waals surface area contributed by atoms with Gasteiger partial charge < -0.3 is 20.7 Å². The van der Waals surface area contributed by atoms with Crippen molar-refractivity contribution >= 4 is 34.7 Å². The standard InChI is InChI=1S/C24H25N3O4S/c1-2-31-20-11-5-17(6-12-20)16-22(28)27-19-9-7-18(8-10-19)23(29)25-13-14-26-24(30)21-4-3-15-32-21/h3-12,15H,2,13-14,16H2,1H3,(H,25,29)(H,26,30)(H,27,28). The van der Waals surface area contributed by atoms with Crippen LogP contribution < -0.4 is 20.7 Å². The van der Waals surface area contributed by atoms with Crippen LogP contribution in [0.3, 0.4) is 0 Å². The molecule has 3 aromatic rings. The molecular formula is C24H25N3O4S. The second-order valence-corrected chi connectivity index (χ2v) is 7.82. The van der Waals surface area contributed by atoms with Gasteiger partial charge in [-0.1, -0.05) is 18.2 Å². The number of ether oxygens (including phenoxy) is 1. The highest BCUT2D eigenvalue weighted by Gasteiger charge is 2.09. The number of hydrogen-bond donors (Lipinski definition) is 3. The van der Waals surface area contributed by atoms with Crippen LogP contribution in [0.5, 0.6) is 5.75 Å². The first-order valence-electron chi connectivity index (χ1n) is 10.3. The Bertz CT molecular complexity index is 1030. The van der Waals surface area contributed by atoms with Gasteiger partial charge in [0, 0.05) is 24.3 Å². The third-order valence-corrected chi connectivity index (χ3v) is 5.34. The molecule has 1 heterocycles. The van der Waals surface area contributed by atoms with Crippen molar-refractivity contribution in [3.63, 3.8) is 0 Å². The summed E-state index contributed by atoms with van der Waals surface area (Å²) in [5, 5.41) is 10.2. The Morgan fingerprint density at radius 2 is 1.56 bits per heavy atom. The third-order valence-electron chi connectivity index (χ3n) is 4.47. The zero-order valence-electron chi connectivity index (χ0n) is 17.7. The Hall–Kier alpha value is -3.65. The van der Waals surface area contributed by atoms with Crippen LogP contribution in [0.2, 0.25) is 0 Å². The molecule has 1 aromatic heterocycles. The van der Waals surface area contributed by atoms with Gasteiger partial charge in [-0.15, -0.1) is 11.3 Å². The zero-order chi connectivity index (χ0) is 22.8. The smallest absolute Gasteiger partial charge is 0.261 e. The molecular weight excluding hydrogens is 426 g/mol. The van der Waals surface area contributed by atoms with E-state index in [0.717, 1.165) is 11.3 Å². The predicted molar refractivity (Wildman–Crippen MR) is 125 cm³/mol. The Labute approximate surface area is 190 Å². The fourth-order valence-electron chi connectivity index (χ4n) is 2.91. The molecule has 0 saturated heterocycles. The Morgan fingerprint density at radius 3 is 2.19 bits per heavy atom. The largest absolute Gasteiger partial charge is 0.494 e. The van der Waals surface area contributed by atoms with Crippen LogP contribution in [0.25, 0.3) is 0 Å². The lowest BCUT2D eigenvalue weighted by Gasteiger charge is -2.09. The monoisotopic (exact) mass is 451 g/mol. The van der Waals surface area contributed by atoms with E-state index < -0.39 is 0 Å². The van der Waals surface area contributed by atoms with Crippen molar-refractivity contribution in [2.75, 3.05) is 25.0 Å². The van der Waals surface area contributed by atoms with Crippen LogP contribution in [0.4, 0.5) is 5.69 Å². The second kappa shape index (κ2) is 11.7. The Kier molecular flexibility index (Phi) is 8.39. The van der Waals surface area contributed by atoms with E-state index in [1.807, 2.05) is 42.6 Å². The van der Waals surface area contributed by atoms with E-state index in [4.69, 9.17) is 4.74 Å². The summed E-state index contributed by atoms with van der Waals surface area (Å²) in [6.07, 6.45) is 0.242. The summed E-state index contributed by atoms with van der Waals surface area (Å²) in [4.78, 5) is 37.0. The molecule has 0 fully saturated rings. The van der Waals surface area contributed by atoms with Gasteiger partial charge >= 0.3 is 0 Å². The fraction of sp³-hybridized carbons (Fsp3) is 0.208. The summed E-state index contributed by atoms with van der Waals surface area (Å²) in [6, 6.07) is 17.6. The first kappa shape index (κ1) is 23.0. The van der Waals surface area contributed by atoms with Gasteiger partial charge in [-0.2, -0.15) is 0 Å². The van der Waals surface area contributed by atoms with Gasteiger partial charge in [0.2, 0.25) is 5.91 Å². The highest BCUT2D eigenvalue weighted by molar-refractivity contribution is 7.12. The van der Waals surface area contributed by atoms with Gasteiger partial charge in [0.15, 0.2) is 0 Å². The molecule has 0 aliphatic carbocycles. The van der Waals surface area contributed by atoms with Gasteiger partial charge in [-0.05, 0) is 60.3 Å². The van der Waals surface area contributed by atoms with Crippen molar-refractivity contribution < 1.29 is 19.1 Å². The number of rotatable bonds is 10. The van der Waals surface area contributed by atoms with E-state index in [1.165, 1.54) is 11.3 Å². The first-order chi connectivity index (χ1) is 15.5. The molecule has 0 radical (unpaired) electrons. The van der Waals surface area contributed by atoms with Crippen molar-refractivity contribution in [2.45, 2.75) is 13.3 Å². The van der Waals surface area contributed by atoms with Crippen molar-refractivity contribution in [1.29, 1.82) is 0 Å². The lowest BCUT2D eigenvalue weighted by Crippen LogP contribution is -2.34. The topological polar surface area (TPSA) is 96.5 Å². The molecule has 8 heteroatoms. The number of benzene rings is 2. The molecule has 7 nitrogen and oxygen atoms in total. The molecule has 166 valence electrons. The Balaban J connectivity index is 1.41. The number of carbonyl (C=O) groups excluding carboxylic acids is 3. The summed E-state index contributed by atoms with van der Waals surface area (Å²) < 4.78 is 5.40. The van der Waals surface area contributed by atoms with E-state index in [2.05, 4.69) is 16.0 Å². The highest BCUT2D eigenvalue weighted by Crippen LogP contribution is 2.14. The molecule has 3 N–H and O–H groups in total. The van der Waals surface area contributed by atoms with E-state index in [1.54, 1.807) is 30.3 Å². The highest BCUT2D eigenvalue weighted by atomic mass is 32.1. The molecule has 2 aromatic carbocycles. The average molecular weight is 452 g/mol. The normalized spacial score (nSPS) is 10.3. The minimum atomic E-state index is -0.248. The van der Waals surface area contributed by atoms with Crippen molar-refractivity contribution in [2.24, 2.45) is 0 Å². The van der Waals surface area contributed by atoms with Crippen molar-refractivity contribution in [3.8, 4) is 5.75 Å². The Morgan fingerprint density at radius 1 is 0.875 bits per heavy atom. The molecule has 32 heavy (non-hydrogen) atoms. The summed E-state index contributed by atoms with van der Waals surface area (Å²) in [5.41, 5.74) is 1.97. The van der Waals surface area contributed by atoms with Crippen LogP contribution >= 0.6 is 11.3 Å². The lowest BCUT2D eigenvalue weighted by atomic mass is 10.1. The third kappa shape index (κ3) is 6.95. The maximum absolute atomic E-state index is 12.3. The summed E-state index contributed by atoms with van der Waals surface area (Å²) >= 11 is 1.37. The SMILES string of the molecule is CCOc1ccc(CC(=O)Nc2ccc(C(=O)NCCNC(=O)c3cccs3)cc2)cc1. The molecule has 3 rings (SSSR count). The molecule has 0 bridgehead atoms. The lowest BCUT2D eigenvalue weighted by molar-refractivity contribution is -0.115. The van der Waals surface area contributed by atoms with Crippen LogP contribution in [-0.2, 0) is 11.2 Å². The van der Waals surface area contributed by atoms with E-state index in [0.29, 0.717) is 35.8 Å². The molecule has 0 aliphatic rings. The van der Waals surface area contributed by atoms with Gasteiger partial charge in [-0.25, -0.2) is 0 Å². The minimum Gasteiger partial charge on any atom is -0.494 e. The zero-order valence-corrected chi connectivity index (χ0v) is 18.5. The number of thiophene rings is 1. The number of carbonyl (C=O) groups is 3. The van der Waals surface area contributed by atoms with Gasteiger partial charge in [0.1, 0.15) is 5.75 Å². The summed E-state index contributed by atoms with van der Waals surface area (Å²) in [6.45, 7) is 3.17. The number of nitrogens with one attached hydrogen (secondary N) is 3. The van der Waals surface area contributed by atoms with E-state index in [-0.39, 0.29) is 24.1 Å². The van der Waals surface area contributed by atoms with Gasteiger partial charge in [0.25, 0.3) is 11.8 Å². The van der Waals surface area contributed by atoms with Crippen molar-refractivity contribution in [3.05, 3.63) is 82.0 Å². The summed E-state index contributed by atoms with van der Waals surface area (Å²) in [5.74, 6) is 0.227. The number of amides is 3. The van der Waals surface area contributed by atoms with Crippen molar-refractivity contribution in [1.82, 2.24) is 10.6 Å². The average Bonchev–Trinajstić information content (AvgIpc) is 3.33. The maximum atomic E-state index is 12.3. The van der Waals surface area contributed by atoms with Crippen LogP contribution in [0.15, 0.2) is 66.0 Å². The van der Waals surface area contributed by atoms with Gasteiger partial charge in [0.05, 0.1) is 17.9 Å². The molecule has 0 spiro atoms. The van der Waals surface area contributed by atoms with Crippen LogP contribution in [0.1, 0.15) is 32.5 Å². The second-order valence-electron chi connectivity index (χ2n) is 6.87. The molecule has 0 atom stereocenters. The van der Waals surface area contributed by atoms with Crippen LogP contribution in [0, 0.1) is 0 Å². The van der Waals surface area contributed by atoms with E-state index >= 15 is 0 Å². The number of anilines is 1. The summed E-state index contributed by atoms with van der Waals surface area (Å²) in [7, 11) is 0. The molecule has 0 saturated carbocycles. The van der Waals surface area contributed by atoms with Crippen LogP contribution in [-0.4, -0.2) is 37.4 Å². The van der Waals surface area contributed by atoms with Gasteiger partial charge in [-0.3, -0.25) is 14.4 Å². The fourth-order valence-corrected chi connectivity index (χ4v) is 3.55.